The largest absolute Gasteiger partial charge is 0.493 e. The molecule has 25 heavy (non-hydrogen) atoms. The molecule has 2 aromatic carbocycles. The van der Waals surface area contributed by atoms with Gasteiger partial charge >= 0.3 is 5.97 Å². The average Bonchev–Trinajstić information content (AvgIpc) is 2.98. The van der Waals surface area contributed by atoms with Crippen LogP contribution in [0.3, 0.4) is 0 Å². The number of benzene rings is 2. The Hall–Kier alpha value is -2.67. The number of thioether (sulfide) groups is 1. The first kappa shape index (κ1) is 17.2. The number of nitrogens with zero attached hydrogens (tertiary/aromatic N) is 2. The highest BCUT2D eigenvalue weighted by Gasteiger charge is 2.13. The van der Waals surface area contributed by atoms with Crippen molar-refractivity contribution in [3.8, 4) is 11.5 Å². The summed E-state index contributed by atoms with van der Waals surface area (Å²) in [4.78, 5) is 15.4. The lowest BCUT2D eigenvalue weighted by molar-refractivity contribution is -0.133. The van der Waals surface area contributed by atoms with Gasteiger partial charge in [-0.25, -0.2) is 4.98 Å². The van der Waals surface area contributed by atoms with Crippen LogP contribution >= 0.6 is 11.8 Å². The first-order valence-electron chi connectivity index (χ1n) is 7.74. The molecule has 0 amide bonds. The quantitative estimate of drug-likeness (QED) is 0.623. The Kier molecular flexibility index (Phi) is 5.45. The van der Waals surface area contributed by atoms with Crippen molar-refractivity contribution in [2.75, 3.05) is 19.5 Å². The summed E-state index contributed by atoms with van der Waals surface area (Å²) in [5.74, 6) is 0.456. The molecule has 0 radical (unpaired) electrons. The monoisotopic (exact) mass is 358 g/mol. The van der Waals surface area contributed by atoms with Gasteiger partial charge in [-0.3, -0.25) is 4.79 Å². The van der Waals surface area contributed by atoms with Gasteiger partial charge in [0, 0.05) is 0 Å². The minimum atomic E-state index is -0.867. The predicted octanol–water partition coefficient (Wildman–Crippen LogP) is 3.30. The second-order valence-corrected chi connectivity index (χ2v) is 6.16. The van der Waals surface area contributed by atoms with Gasteiger partial charge in [-0.05, 0) is 24.3 Å². The molecule has 3 rings (SSSR count). The highest BCUT2D eigenvalue weighted by atomic mass is 32.2. The molecular weight excluding hydrogens is 340 g/mol. The summed E-state index contributed by atoms with van der Waals surface area (Å²) in [6, 6.07) is 15.2. The number of fused-ring (bicyclic) bond motifs is 1. The standard InChI is InChI=1S/C18H18N2O4S/c1-23-15-8-4-5-9-16(15)24-11-10-20-14-7-3-2-6-13(14)19-18(20)25-12-17(21)22/h2-9H,10-12H2,1H3,(H,21,22). The van der Waals surface area contributed by atoms with E-state index in [1.165, 1.54) is 11.8 Å². The third kappa shape index (κ3) is 4.06. The molecule has 0 spiro atoms. The molecule has 0 aliphatic carbocycles. The van der Waals surface area contributed by atoms with Crippen molar-refractivity contribution in [3.63, 3.8) is 0 Å². The summed E-state index contributed by atoms with van der Waals surface area (Å²) in [5.41, 5.74) is 1.80. The van der Waals surface area contributed by atoms with E-state index < -0.39 is 5.97 Å². The lowest BCUT2D eigenvalue weighted by Crippen LogP contribution is -2.10. The maximum atomic E-state index is 10.9. The lowest BCUT2D eigenvalue weighted by atomic mass is 10.3. The topological polar surface area (TPSA) is 73.6 Å². The number of para-hydroxylation sites is 4. The summed E-state index contributed by atoms with van der Waals surface area (Å²) in [5, 5.41) is 9.60. The SMILES string of the molecule is COc1ccccc1OCCn1c(SCC(=O)O)nc2ccccc21. The number of ether oxygens (including phenoxy) is 2. The Morgan fingerprint density at radius 3 is 2.64 bits per heavy atom. The Morgan fingerprint density at radius 2 is 1.88 bits per heavy atom. The zero-order valence-electron chi connectivity index (χ0n) is 13.7. The third-order valence-corrected chi connectivity index (χ3v) is 4.55. The highest BCUT2D eigenvalue weighted by molar-refractivity contribution is 7.99. The minimum Gasteiger partial charge on any atom is -0.493 e. The van der Waals surface area contributed by atoms with Gasteiger partial charge in [0.05, 0.1) is 30.4 Å². The molecule has 1 heterocycles. The van der Waals surface area contributed by atoms with E-state index in [-0.39, 0.29) is 5.75 Å². The fourth-order valence-electron chi connectivity index (χ4n) is 2.49. The van der Waals surface area contributed by atoms with Crippen molar-refractivity contribution >= 4 is 28.8 Å². The molecule has 1 N–H and O–H groups in total. The predicted molar refractivity (Wildman–Crippen MR) is 96.6 cm³/mol. The second kappa shape index (κ2) is 7.94. The molecule has 3 aromatic rings. The van der Waals surface area contributed by atoms with Crippen LogP contribution in [0.2, 0.25) is 0 Å². The number of hydrogen-bond donors (Lipinski definition) is 1. The normalized spacial score (nSPS) is 10.8. The van der Waals surface area contributed by atoms with Crippen LogP contribution in [0.25, 0.3) is 11.0 Å². The van der Waals surface area contributed by atoms with Crippen molar-refractivity contribution in [3.05, 3.63) is 48.5 Å². The van der Waals surface area contributed by atoms with E-state index in [2.05, 4.69) is 4.98 Å². The molecular formula is C18H18N2O4S. The minimum absolute atomic E-state index is 0.0311. The molecule has 6 nitrogen and oxygen atoms in total. The van der Waals surface area contributed by atoms with Gasteiger partial charge in [0.1, 0.15) is 6.61 Å². The molecule has 0 atom stereocenters. The Balaban J connectivity index is 1.77. The first-order chi connectivity index (χ1) is 12.2. The zero-order chi connectivity index (χ0) is 17.6. The first-order valence-corrected chi connectivity index (χ1v) is 8.73. The molecule has 0 aliphatic heterocycles. The Bertz CT molecular complexity index is 878. The van der Waals surface area contributed by atoms with Gasteiger partial charge in [0.2, 0.25) is 0 Å². The summed E-state index contributed by atoms with van der Waals surface area (Å²) in [6.07, 6.45) is 0. The third-order valence-electron chi connectivity index (χ3n) is 3.59. The number of carbonyl (C=O) groups is 1. The second-order valence-electron chi connectivity index (χ2n) is 5.22. The number of carboxylic acids is 1. The number of aromatic nitrogens is 2. The average molecular weight is 358 g/mol. The van der Waals surface area contributed by atoms with Crippen molar-refractivity contribution in [1.82, 2.24) is 9.55 Å². The molecule has 0 fully saturated rings. The smallest absolute Gasteiger partial charge is 0.313 e. The number of rotatable bonds is 8. The van der Waals surface area contributed by atoms with Crippen molar-refractivity contribution in [2.24, 2.45) is 0 Å². The summed E-state index contributed by atoms with van der Waals surface area (Å²) >= 11 is 1.21. The summed E-state index contributed by atoms with van der Waals surface area (Å²) in [7, 11) is 1.60. The molecule has 0 unspecified atom stereocenters. The van der Waals surface area contributed by atoms with Crippen LogP contribution in [-0.4, -0.2) is 40.1 Å². The van der Waals surface area contributed by atoms with Gasteiger partial charge < -0.3 is 19.1 Å². The Morgan fingerprint density at radius 1 is 1.16 bits per heavy atom. The molecule has 0 saturated carbocycles. The zero-order valence-corrected chi connectivity index (χ0v) is 14.5. The molecule has 0 saturated heterocycles. The lowest BCUT2D eigenvalue weighted by Gasteiger charge is -2.12. The van der Waals surface area contributed by atoms with Crippen molar-refractivity contribution in [2.45, 2.75) is 11.7 Å². The van der Waals surface area contributed by atoms with Crippen LogP contribution in [-0.2, 0) is 11.3 Å². The number of methoxy groups -OCH3 is 1. The van der Waals surface area contributed by atoms with E-state index in [1.807, 2.05) is 53.1 Å². The van der Waals surface area contributed by atoms with Crippen LogP contribution in [0.1, 0.15) is 0 Å². The van der Waals surface area contributed by atoms with Gasteiger partial charge in [0.25, 0.3) is 0 Å². The van der Waals surface area contributed by atoms with E-state index in [0.29, 0.717) is 29.8 Å². The fourth-order valence-corrected chi connectivity index (χ4v) is 3.25. The Labute approximate surface area is 149 Å². The van der Waals surface area contributed by atoms with Crippen LogP contribution in [0, 0.1) is 0 Å². The van der Waals surface area contributed by atoms with Crippen LogP contribution in [0.15, 0.2) is 53.7 Å². The number of aliphatic carboxylic acids is 1. The van der Waals surface area contributed by atoms with E-state index in [4.69, 9.17) is 14.6 Å². The van der Waals surface area contributed by atoms with Gasteiger partial charge in [-0.1, -0.05) is 36.0 Å². The summed E-state index contributed by atoms with van der Waals surface area (Å²) in [6.45, 7) is 0.974. The van der Waals surface area contributed by atoms with Crippen molar-refractivity contribution in [1.29, 1.82) is 0 Å². The van der Waals surface area contributed by atoms with Crippen LogP contribution in [0.4, 0.5) is 0 Å². The van der Waals surface area contributed by atoms with E-state index in [9.17, 15) is 4.79 Å². The molecule has 0 bridgehead atoms. The maximum Gasteiger partial charge on any atom is 0.313 e. The van der Waals surface area contributed by atoms with E-state index in [0.717, 1.165) is 11.0 Å². The number of imidazole rings is 1. The number of hydrogen-bond acceptors (Lipinski definition) is 5. The van der Waals surface area contributed by atoms with Gasteiger partial charge in [-0.15, -0.1) is 0 Å². The highest BCUT2D eigenvalue weighted by Crippen LogP contribution is 2.27. The summed E-state index contributed by atoms with van der Waals surface area (Å²) < 4.78 is 13.1. The molecule has 0 aliphatic rings. The molecule has 7 heteroatoms. The van der Waals surface area contributed by atoms with Crippen LogP contribution < -0.4 is 9.47 Å². The van der Waals surface area contributed by atoms with Crippen LogP contribution in [0.5, 0.6) is 11.5 Å². The van der Waals surface area contributed by atoms with E-state index >= 15 is 0 Å². The van der Waals surface area contributed by atoms with Gasteiger partial charge in [0.15, 0.2) is 16.7 Å². The van der Waals surface area contributed by atoms with Gasteiger partial charge in [-0.2, -0.15) is 0 Å². The maximum absolute atomic E-state index is 10.9. The molecule has 1 aromatic heterocycles. The van der Waals surface area contributed by atoms with E-state index in [1.54, 1.807) is 7.11 Å². The number of carboxylic acid groups (broad SMARTS) is 1. The fraction of sp³-hybridized carbons (Fsp3) is 0.222. The molecule has 130 valence electrons. The van der Waals surface area contributed by atoms with Crippen molar-refractivity contribution < 1.29 is 19.4 Å².